The number of carbonyl (C=O) groups excluding carboxylic acids is 1. The molecule has 0 radical (unpaired) electrons. The van der Waals surface area contributed by atoms with E-state index in [1.54, 1.807) is 6.21 Å². The highest BCUT2D eigenvalue weighted by molar-refractivity contribution is 14.1. The van der Waals surface area contributed by atoms with E-state index in [9.17, 15) is 4.79 Å². The molecule has 5 nitrogen and oxygen atoms in total. The maximum absolute atomic E-state index is 12.1. The van der Waals surface area contributed by atoms with Gasteiger partial charge in [0.15, 0.2) is 6.61 Å². The highest BCUT2D eigenvalue weighted by atomic mass is 127. The fraction of sp³-hybridized carbons (Fsp3) is 0.200. The van der Waals surface area contributed by atoms with Crippen molar-refractivity contribution in [2.45, 2.75) is 11.2 Å². The first-order valence-corrected chi connectivity index (χ1v) is 15.3. The Kier molecular flexibility index (Phi) is 10.3. The van der Waals surface area contributed by atoms with Crippen LogP contribution in [0.3, 0.4) is 0 Å². The van der Waals surface area contributed by atoms with E-state index in [4.69, 9.17) is 21.1 Å². The molecule has 182 valence electrons. The zero-order valence-corrected chi connectivity index (χ0v) is 25.1. The van der Waals surface area contributed by atoms with Crippen molar-refractivity contribution in [2.75, 3.05) is 18.1 Å². The monoisotopic (exact) mass is 750 g/mol. The van der Waals surface area contributed by atoms with Gasteiger partial charge in [0.2, 0.25) is 0 Å². The SMILES string of the molecule is O=C(COc1ccc(C2SCCS2)cc1)N/N=C\c1cc(I)c(OCc2ccccc2Cl)c(I)c1. The van der Waals surface area contributed by atoms with Gasteiger partial charge in [0.05, 0.1) is 17.9 Å². The van der Waals surface area contributed by atoms with Crippen molar-refractivity contribution in [1.29, 1.82) is 0 Å². The Balaban J connectivity index is 1.26. The van der Waals surface area contributed by atoms with E-state index in [-0.39, 0.29) is 12.5 Å². The van der Waals surface area contributed by atoms with E-state index in [1.165, 1.54) is 17.1 Å². The molecule has 0 atom stereocenters. The van der Waals surface area contributed by atoms with Crippen LogP contribution < -0.4 is 14.9 Å². The average Bonchev–Trinajstić information content (AvgIpc) is 3.39. The Bertz CT molecular complexity index is 1180. The number of benzene rings is 3. The molecule has 1 amide bonds. The van der Waals surface area contributed by atoms with Gasteiger partial charge in [-0.15, -0.1) is 23.5 Å². The highest BCUT2D eigenvalue weighted by Gasteiger charge is 2.18. The predicted molar refractivity (Wildman–Crippen MR) is 163 cm³/mol. The molecule has 1 fully saturated rings. The Morgan fingerprint density at radius 1 is 1.06 bits per heavy atom. The van der Waals surface area contributed by atoms with Gasteiger partial charge in [-0.25, -0.2) is 5.43 Å². The number of hydrogen-bond acceptors (Lipinski definition) is 6. The van der Waals surface area contributed by atoms with Crippen LogP contribution in [-0.4, -0.2) is 30.2 Å². The first-order chi connectivity index (χ1) is 17.0. The highest BCUT2D eigenvalue weighted by Crippen LogP contribution is 2.45. The molecule has 0 aliphatic carbocycles. The summed E-state index contributed by atoms with van der Waals surface area (Å²) in [7, 11) is 0. The number of nitrogens with zero attached hydrogens (tertiary/aromatic N) is 1. The van der Waals surface area contributed by atoms with Crippen LogP contribution in [0.1, 0.15) is 21.3 Å². The molecule has 0 bridgehead atoms. The minimum absolute atomic E-state index is 0.104. The van der Waals surface area contributed by atoms with E-state index in [0.717, 1.165) is 24.0 Å². The minimum Gasteiger partial charge on any atom is -0.487 e. The lowest BCUT2D eigenvalue weighted by Gasteiger charge is -2.12. The molecule has 1 aliphatic heterocycles. The van der Waals surface area contributed by atoms with E-state index in [1.807, 2.05) is 72.1 Å². The van der Waals surface area contributed by atoms with Crippen LogP contribution in [0.5, 0.6) is 11.5 Å². The van der Waals surface area contributed by atoms with Gasteiger partial charge < -0.3 is 9.47 Å². The number of carbonyl (C=O) groups is 1. The molecule has 1 heterocycles. The zero-order valence-electron chi connectivity index (χ0n) is 18.4. The van der Waals surface area contributed by atoms with Gasteiger partial charge in [0.1, 0.15) is 18.1 Å². The van der Waals surface area contributed by atoms with E-state index < -0.39 is 0 Å². The standard InChI is InChI=1S/C25H21ClI2N2O3S2/c26-20-4-2-1-3-18(20)14-33-24-21(27)11-16(12-22(24)28)13-29-30-23(31)15-32-19-7-5-17(6-8-19)25-34-9-10-35-25/h1-8,11-13,25H,9-10,14-15H2,(H,30,31)/b29-13-. The van der Waals surface area contributed by atoms with Gasteiger partial charge in [-0.05, 0) is 86.6 Å². The molecule has 3 aromatic carbocycles. The molecular weight excluding hydrogens is 730 g/mol. The zero-order chi connectivity index (χ0) is 24.6. The number of amides is 1. The summed E-state index contributed by atoms with van der Waals surface area (Å²) in [6, 6.07) is 19.4. The molecule has 4 rings (SSSR count). The third kappa shape index (κ3) is 7.91. The maximum Gasteiger partial charge on any atom is 0.277 e. The van der Waals surface area contributed by atoms with Crippen molar-refractivity contribution in [3.05, 3.63) is 89.5 Å². The lowest BCUT2D eigenvalue weighted by molar-refractivity contribution is -0.123. The first kappa shape index (κ1) is 26.9. The molecule has 0 saturated carbocycles. The van der Waals surface area contributed by atoms with Crippen molar-refractivity contribution in [2.24, 2.45) is 5.10 Å². The fourth-order valence-electron chi connectivity index (χ4n) is 3.19. The second-order valence-electron chi connectivity index (χ2n) is 7.42. The third-order valence-corrected chi connectivity index (χ3v) is 9.97. The summed E-state index contributed by atoms with van der Waals surface area (Å²) in [5, 5.41) is 4.74. The molecule has 1 N–H and O–H groups in total. The Hall–Kier alpha value is -1.15. The molecule has 35 heavy (non-hydrogen) atoms. The number of rotatable bonds is 9. The molecule has 0 aromatic heterocycles. The Morgan fingerprint density at radius 2 is 1.74 bits per heavy atom. The second-order valence-corrected chi connectivity index (χ2v) is 12.9. The molecule has 3 aromatic rings. The number of thioether (sulfide) groups is 2. The van der Waals surface area contributed by atoms with Crippen molar-refractivity contribution in [1.82, 2.24) is 5.43 Å². The van der Waals surface area contributed by atoms with Crippen LogP contribution in [0.25, 0.3) is 0 Å². The summed E-state index contributed by atoms with van der Waals surface area (Å²) >= 11 is 14.6. The van der Waals surface area contributed by atoms with Crippen molar-refractivity contribution in [3.63, 3.8) is 0 Å². The van der Waals surface area contributed by atoms with E-state index in [2.05, 4.69) is 67.8 Å². The second kappa shape index (κ2) is 13.4. The van der Waals surface area contributed by atoms with Crippen molar-refractivity contribution < 1.29 is 14.3 Å². The van der Waals surface area contributed by atoms with Crippen LogP contribution in [0, 0.1) is 7.14 Å². The molecule has 1 saturated heterocycles. The molecule has 0 unspecified atom stereocenters. The summed E-state index contributed by atoms with van der Waals surface area (Å²) in [4.78, 5) is 12.1. The lowest BCUT2D eigenvalue weighted by Crippen LogP contribution is -2.24. The summed E-state index contributed by atoms with van der Waals surface area (Å²) < 4.78 is 14.0. The van der Waals surface area contributed by atoms with Gasteiger partial charge >= 0.3 is 0 Å². The van der Waals surface area contributed by atoms with Gasteiger partial charge in [-0.1, -0.05) is 41.9 Å². The topological polar surface area (TPSA) is 59.9 Å². The van der Waals surface area contributed by atoms with E-state index >= 15 is 0 Å². The number of hydrogen-bond donors (Lipinski definition) is 1. The van der Waals surface area contributed by atoms with Crippen LogP contribution in [0.2, 0.25) is 5.02 Å². The lowest BCUT2D eigenvalue weighted by atomic mass is 10.2. The summed E-state index contributed by atoms with van der Waals surface area (Å²) in [5.74, 6) is 3.51. The van der Waals surface area contributed by atoms with Gasteiger partial charge in [0, 0.05) is 22.1 Å². The number of halogens is 3. The molecule has 1 aliphatic rings. The minimum atomic E-state index is -0.323. The molecular formula is C25H21ClI2N2O3S2. The quantitative estimate of drug-likeness (QED) is 0.143. The average molecular weight is 751 g/mol. The van der Waals surface area contributed by atoms with Crippen LogP contribution in [0.4, 0.5) is 0 Å². The Morgan fingerprint density at radius 3 is 2.43 bits per heavy atom. The van der Waals surface area contributed by atoms with Crippen LogP contribution >= 0.6 is 80.3 Å². The fourth-order valence-corrected chi connectivity index (χ4v) is 8.37. The maximum atomic E-state index is 12.1. The summed E-state index contributed by atoms with van der Waals surface area (Å²) in [5.41, 5.74) is 5.57. The van der Waals surface area contributed by atoms with Crippen LogP contribution in [0.15, 0.2) is 65.8 Å². The predicted octanol–water partition coefficient (Wildman–Crippen LogP) is 7.14. The number of nitrogens with one attached hydrogen (secondary N) is 1. The Labute approximate surface area is 245 Å². The molecule has 10 heteroatoms. The van der Waals surface area contributed by atoms with Crippen LogP contribution in [-0.2, 0) is 11.4 Å². The normalized spacial score (nSPS) is 13.8. The van der Waals surface area contributed by atoms with Crippen molar-refractivity contribution in [3.8, 4) is 11.5 Å². The summed E-state index contributed by atoms with van der Waals surface area (Å²) in [6.45, 7) is 0.282. The van der Waals surface area contributed by atoms with Crippen molar-refractivity contribution >= 4 is 92.4 Å². The number of ether oxygens (including phenoxy) is 2. The largest absolute Gasteiger partial charge is 0.487 e. The summed E-state index contributed by atoms with van der Waals surface area (Å²) in [6.07, 6.45) is 1.60. The first-order valence-electron chi connectivity index (χ1n) is 10.6. The van der Waals surface area contributed by atoms with Gasteiger partial charge in [-0.3, -0.25) is 4.79 Å². The van der Waals surface area contributed by atoms with Gasteiger partial charge in [0.25, 0.3) is 5.91 Å². The van der Waals surface area contributed by atoms with E-state index in [0.29, 0.717) is 22.0 Å². The molecule has 0 spiro atoms. The number of hydrazone groups is 1. The third-order valence-electron chi connectivity index (χ3n) is 4.90. The smallest absolute Gasteiger partial charge is 0.277 e. The van der Waals surface area contributed by atoms with Gasteiger partial charge in [-0.2, -0.15) is 5.10 Å².